The second kappa shape index (κ2) is 10.3. The van der Waals surface area contributed by atoms with Crippen LogP contribution in [-0.4, -0.2) is 16.9 Å². The van der Waals surface area contributed by atoms with Gasteiger partial charge in [0.1, 0.15) is 5.82 Å². The number of benzene rings is 2. The van der Waals surface area contributed by atoms with Crippen LogP contribution in [-0.2, 0) is 6.54 Å². The largest absolute Gasteiger partial charge is 0.326 e. The van der Waals surface area contributed by atoms with Crippen molar-refractivity contribution < 1.29 is 9.18 Å². The van der Waals surface area contributed by atoms with Crippen molar-refractivity contribution in [1.29, 1.82) is 0 Å². The van der Waals surface area contributed by atoms with Crippen LogP contribution >= 0.6 is 0 Å². The summed E-state index contributed by atoms with van der Waals surface area (Å²) in [6, 6.07) is 17.5. The molecular weight excluding hydrogens is 379 g/mol. The van der Waals surface area contributed by atoms with E-state index in [1.54, 1.807) is 24.5 Å². The average Bonchev–Trinajstić information content (AvgIpc) is 2.78. The normalized spacial score (nSPS) is 12.3. The number of aliphatic imine (C=N–C) groups is 1. The second-order valence-corrected chi connectivity index (χ2v) is 7.01. The van der Waals surface area contributed by atoms with Gasteiger partial charge < -0.3 is 5.32 Å². The number of hydrogen-bond acceptors (Lipinski definition) is 3. The highest BCUT2D eigenvalue weighted by molar-refractivity contribution is 6.10. The molecule has 0 aliphatic rings. The number of guanidine groups is 1. The van der Waals surface area contributed by atoms with E-state index in [-0.39, 0.29) is 11.5 Å². The Morgan fingerprint density at radius 1 is 1.07 bits per heavy atom. The molecule has 3 rings (SSSR count). The van der Waals surface area contributed by atoms with E-state index < -0.39 is 11.7 Å². The number of aromatic nitrogens is 1. The summed E-state index contributed by atoms with van der Waals surface area (Å²) in [5.74, 6) is -0.428. The van der Waals surface area contributed by atoms with Crippen molar-refractivity contribution >= 4 is 17.6 Å². The fourth-order valence-corrected chi connectivity index (χ4v) is 2.86. The third kappa shape index (κ3) is 5.73. The topological polar surface area (TPSA) is 66.4 Å². The minimum atomic E-state index is -0.582. The fraction of sp³-hybridized carbons (Fsp3) is 0.208. The number of halogens is 1. The Labute approximate surface area is 176 Å². The molecule has 1 aromatic heterocycles. The van der Waals surface area contributed by atoms with E-state index in [4.69, 9.17) is 0 Å². The summed E-state index contributed by atoms with van der Waals surface area (Å²) >= 11 is 0. The molecule has 0 fully saturated rings. The minimum Gasteiger partial charge on any atom is -0.326 e. The number of amides is 1. The number of carbonyl (C=O) groups is 1. The maximum absolute atomic E-state index is 14.0. The molecule has 30 heavy (non-hydrogen) atoms. The molecule has 2 aromatic carbocycles. The number of nitrogens with zero attached hydrogens (tertiary/aromatic N) is 2. The number of hydrogen-bond donors (Lipinski definition) is 2. The van der Waals surface area contributed by atoms with Crippen LogP contribution in [0.25, 0.3) is 0 Å². The van der Waals surface area contributed by atoms with Gasteiger partial charge >= 0.3 is 0 Å². The van der Waals surface area contributed by atoms with Gasteiger partial charge in [0.2, 0.25) is 5.96 Å². The lowest BCUT2D eigenvalue weighted by Gasteiger charge is -2.14. The summed E-state index contributed by atoms with van der Waals surface area (Å²) < 4.78 is 14.0. The SMILES string of the molecule is CCC(C)c1ccc(NC(=NCc2ccncc2)NC(=O)c2ccccc2F)cc1. The first-order valence-electron chi connectivity index (χ1n) is 9.93. The van der Waals surface area contributed by atoms with E-state index in [2.05, 4.69) is 46.6 Å². The van der Waals surface area contributed by atoms with Crippen molar-refractivity contribution in [3.05, 3.63) is 95.6 Å². The van der Waals surface area contributed by atoms with Gasteiger partial charge in [-0.15, -0.1) is 0 Å². The van der Waals surface area contributed by atoms with Crippen LogP contribution in [0.3, 0.4) is 0 Å². The van der Waals surface area contributed by atoms with Gasteiger partial charge in [0, 0.05) is 18.1 Å². The molecule has 1 heterocycles. The van der Waals surface area contributed by atoms with Crippen molar-refractivity contribution in [2.45, 2.75) is 32.7 Å². The molecule has 0 aliphatic heterocycles. The molecule has 5 nitrogen and oxygen atoms in total. The molecule has 1 atom stereocenters. The second-order valence-electron chi connectivity index (χ2n) is 7.01. The van der Waals surface area contributed by atoms with E-state index in [9.17, 15) is 9.18 Å². The molecule has 1 unspecified atom stereocenters. The molecule has 1 amide bonds. The Kier molecular flexibility index (Phi) is 7.27. The van der Waals surface area contributed by atoms with E-state index in [1.807, 2.05) is 24.3 Å². The Bertz CT molecular complexity index is 1000. The first kappa shape index (κ1) is 21.2. The van der Waals surface area contributed by atoms with E-state index in [0.717, 1.165) is 17.7 Å². The zero-order chi connectivity index (χ0) is 21.3. The molecule has 0 radical (unpaired) electrons. The van der Waals surface area contributed by atoms with Gasteiger partial charge in [0.05, 0.1) is 12.1 Å². The van der Waals surface area contributed by atoms with Crippen LogP contribution < -0.4 is 10.6 Å². The Morgan fingerprint density at radius 2 is 1.77 bits per heavy atom. The van der Waals surface area contributed by atoms with Crippen LogP contribution in [0.1, 0.15) is 47.7 Å². The van der Waals surface area contributed by atoms with E-state index in [1.165, 1.54) is 17.7 Å². The lowest BCUT2D eigenvalue weighted by molar-refractivity contribution is 0.0973. The standard InChI is InChI=1S/C24H25FN4O/c1-3-17(2)19-8-10-20(11-9-19)28-24(27-16-18-12-14-26-15-13-18)29-23(30)21-6-4-5-7-22(21)25/h4-15,17H,3,16H2,1-2H3,(H2,27,28,29,30). The van der Waals surface area contributed by atoms with Crippen molar-refractivity contribution in [3.63, 3.8) is 0 Å². The predicted octanol–water partition coefficient (Wildman–Crippen LogP) is 5.13. The number of rotatable bonds is 6. The van der Waals surface area contributed by atoms with Gasteiger partial charge in [-0.25, -0.2) is 9.38 Å². The molecule has 0 saturated heterocycles. The first-order valence-corrected chi connectivity index (χ1v) is 9.93. The Morgan fingerprint density at radius 3 is 2.43 bits per heavy atom. The van der Waals surface area contributed by atoms with Crippen molar-refractivity contribution in [2.24, 2.45) is 4.99 Å². The number of anilines is 1. The minimum absolute atomic E-state index is 0.0389. The van der Waals surface area contributed by atoms with Gasteiger partial charge in [-0.2, -0.15) is 0 Å². The molecule has 0 spiro atoms. The summed E-state index contributed by atoms with van der Waals surface area (Å²) in [6.45, 7) is 4.67. The molecule has 0 bridgehead atoms. The van der Waals surface area contributed by atoms with Crippen LogP contribution in [0.4, 0.5) is 10.1 Å². The molecule has 0 saturated carbocycles. The van der Waals surface area contributed by atoms with Crippen LogP contribution in [0, 0.1) is 5.82 Å². The zero-order valence-electron chi connectivity index (χ0n) is 17.1. The van der Waals surface area contributed by atoms with Crippen molar-refractivity contribution in [1.82, 2.24) is 10.3 Å². The molecule has 6 heteroatoms. The van der Waals surface area contributed by atoms with E-state index >= 15 is 0 Å². The first-order chi connectivity index (χ1) is 14.6. The van der Waals surface area contributed by atoms with Gasteiger partial charge in [0.15, 0.2) is 0 Å². The summed E-state index contributed by atoms with van der Waals surface area (Å²) in [6.07, 6.45) is 4.43. The van der Waals surface area contributed by atoms with Crippen LogP contribution in [0.15, 0.2) is 78.0 Å². The van der Waals surface area contributed by atoms with Gasteiger partial charge in [-0.3, -0.25) is 15.1 Å². The highest BCUT2D eigenvalue weighted by atomic mass is 19.1. The quantitative estimate of drug-likeness (QED) is 0.442. The van der Waals surface area contributed by atoms with Crippen molar-refractivity contribution in [3.8, 4) is 0 Å². The van der Waals surface area contributed by atoms with Crippen LogP contribution in [0.2, 0.25) is 0 Å². The maximum Gasteiger partial charge on any atom is 0.260 e. The molecule has 0 aliphatic carbocycles. The highest BCUT2D eigenvalue weighted by Gasteiger charge is 2.13. The number of carbonyl (C=O) groups excluding carboxylic acids is 1. The lowest BCUT2D eigenvalue weighted by atomic mass is 9.99. The maximum atomic E-state index is 14.0. The summed E-state index contributed by atoms with van der Waals surface area (Å²) in [5, 5.41) is 5.82. The van der Waals surface area contributed by atoms with Gasteiger partial charge in [-0.05, 0) is 59.9 Å². The summed E-state index contributed by atoms with van der Waals surface area (Å²) in [4.78, 5) is 21.1. The van der Waals surface area contributed by atoms with Gasteiger partial charge in [0.25, 0.3) is 5.91 Å². The summed E-state index contributed by atoms with van der Waals surface area (Å²) in [7, 11) is 0. The van der Waals surface area contributed by atoms with E-state index in [0.29, 0.717) is 12.5 Å². The average molecular weight is 404 g/mol. The Hall–Kier alpha value is -3.54. The predicted molar refractivity (Wildman–Crippen MR) is 118 cm³/mol. The van der Waals surface area contributed by atoms with Gasteiger partial charge in [-0.1, -0.05) is 38.1 Å². The highest BCUT2D eigenvalue weighted by Crippen LogP contribution is 2.20. The molecule has 3 aromatic rings. The number of pyridine rings is 1. The smallest absolute Gasteiger partial charge is 0.260 e. The third-order valence-electron chi connectivity index (χ3n) is 4.87. The number of nitrogens with one attached hydrogen (secondary N) is 2. The molecular formula is C24H25FN4O. The lowest BCUT2D eigenvalue weighted by Crippen LogP contribution is -2.36. The van der Waals surface area contributed by atoms with Crippen molar-refractivity contribution in [2.75, 3.05) is 5.32 Å². The monoisotopic (exact) mass is 404 g/mol. The third-order valence-corrected chi connectivity index (χ3v) is 4.87. The zero-order valence-corrected chi connectivity index (χ0v) is 17.1. The molecule has 2 N–H and O–H groups in total. The molecule has 154 valence electrons. The summed E-state index contributed by atoms with van der Waals surface area (Å²) in [5.41, 5.74) is 2.93. The fourth-order valence-electron chi connectivity index (χ4n) is 2.86. The Balaban J connectivity index is 1.80. The van der Waals surface area contributed by atoms with Crippen LogP contribution in [0.5, 0.6) is 0 Å².